The van der Waals surface area contributed by atoms with Gasteiger partial charge >= 0.3 is 0 Å². The molecule has 1 rings (SSSR count). The van der Waals surface area contributed by atoms with Crippen molar-refractivity contribution in [2.45, 2.75) is 47.1 Å². The van der Waals surface area contributed by atoms with Crippen molar-refractivity contribution < 1.29 is 0 Å². The fraction of sp³-hybridized carbons (Fsp3) is 0.818. The van der Waals surface area contributed by atoms with Gasteiger partial charge in [0.25, 0.3) is 0 Å². The van der Waals surface area contributed by atoms with Gasteiger partial charge in [0, 0.05) is 6.20 Å². The van der Waals surface area contributed by atoms with E-state index in [9.17, 15) is 0 Å². The molecule has 0 aromatic carbocycles. The maximum atomic E-state index is 4.17. The van der Waals surface area contributed by atoms with Crippen molar-refractivity contribution >= 4 is 0 Å². The van der Waals surface area contributed by atoms with Crippen LogP contribution in [0.15, 0.2) is 6.20 Å². The van der Waals surface area contributed by atoms with Gasteiger partial charge in [-0.15, -0.1) is 5.10 Å². The van der Waals surface area contributed by atoms with Crippen LogP contribution >= 0.6 is 0 Å². The first kappa shape index (κ1) is 11.2. The van der Waals surface area contributed by atoms with Crippen LogP contribution in [0.3, 0.4) is 0 Å². The number of nitrogens with zero attached hydrogens (tertiary/aromatic N) is 3. The van der Waals surface area contributed by atoms with Crippen molar-refractivity contribution in [1.82, 2.24) is 15.0 Å². The Labute approximate surface area is 86.5 Å². The van der Waals surface area contributed by atoms with Crippen LogP contribution in [0.25, 0.3) is 0 Å². The first-order chi connectivity index (χ1) is 6.50. The smallest absolute Gasteiger partial charge is 0.0829 e. The summed E-state index contributed by atoms with van der Waals surface area (Å²) in [6, 6.07) is 0.434. The lowest BCUT2D eigenvalue weighted by atomic mass is 10.1. The molecule has 1 heterocycles. The summed E-state index contributed by atoms with van der Waals surface area (Å²) in [5.41, 5.74) is 1.10. The highest BCUT2D eigenvalue weighted by Gasteiger charge is 2.11. The Morgan fingerprint density at radius 2 is 1.86 bits per heavy atom. The molecule has 1 aromatic heterocycles. The van der Waals surface area contributed by atoms with Crippen molar-refractivity contribution in [3.05, 3.63) is 11.9 Å². The van der Waals surface area contributed by atoms with Gasteiger partial charge in [-0.2, -0.15) is 0 Å². The van der Waals surface area contributed by atoms with E-state index < -0.39 is 0 Å². The number of aromatic nitrogens is 3. The van der Waals surface area contributed by atoms with E-state index in [0.717, 1.165) is 12.1 Å². The zero-order valence-electron chi connectivity index (χ0n) is 9.86. The predicted octanol–water partition coefficient (Wildman–Crippen LogP) is 2.69. The summed E-state index contributed by atoms with van der Waals surface area (Å²) >= 11 is 0. The Bertz CT molecular complexity index is 276. The normalized spacial score (nSPS) is 13.9. The Morgan fingerprint density at radius 1 is 1.21 bits per heavy atom. The van der Waals surface area contributed by atoms with E-state index in [1.807, 2.05) is 4.68 Å². The molecule has 1 aromatic rings. The van der Waals surface area contributed by atoms with Gasteiger partial charge in [-0.25, -0.2) is 4.68 Å². The molecule has 0 fully saturated rings. The fourth-order valence-corrected chi connectivity index (χ4v) is 1.33. The number of hydrogen-bond acceptors (Lipinski definition) is 2. The van der Waals surface area contributed by atoms with Crippen LogP contribution in [-0.2, 0) is 6.42 Å². The molecule has 0 saturated heterocycles. The van der Waals surface area contributed by atoms with Gasteiger partial charge in [0.2, 0.25) is 0 Å². The van der Waals surface area contributed by atoms with Crippen LogP contribution in [0.4, 0.5) is 0 Å². The van der Waals surface area contributed by atoms with E-state index in [2.05, 4.69) is 51.1 Å². The summed E-state index contributed by atoms with van der Waals surface area (Å²) < 4.78 is 1.97. The molecule has 3 heteroatoms. The van der Waals surface area contributed by atoms with Crippen molar-refractivity contribution in [2.24, 2.45) is 11.8 Å². The van der Waals surface area contributed by atoms with Crippen LogP contribution in [0.1, 0.15) is 46.4 Å². The molecule has 3 nitrogen and oxygen atoms in total. The summed E-state index contributed by atoms with van der Waals surface area (Å²) in [6.07, 6.45) is 3.09. The number of hydrogen-bond donors (Lipinski definition) is 0. The average Bonchev–Trinajstić information content (AvgIpc) is 2.50. The maximum absolute atomic E-state index is 4.17. The quantitative estimate of drug-likeness (QED) is 0.739. The lowest BCUT2D eigenvalue weighted by molar-refractivity contribution is 0.368. The molecule has 1 atom stereocenters. The molecule has 0 N–H and O–H groups in total. The van der Waals surface area contributed by atoms with Gasteiger partial charge in [-0.3, -0.25) is 0 Å². The van der Waals surface area contributed by atoms with E-state index in [4.69, 9.17) is 0 Å². The third kappa shape index (κ3) is 2.82. The molecule has 14 heavy (non-hydrogen) atoms. The maximum Gasteiger partial charge on any atom is 0.0829 e. The van der Waals surface area contributed by atoms with Crippen LogP contribution in [0, 0.1) is 11.8 Å². The van der Waals surface area contributed by atoms with E-state index in [1.54, 1.807) is 0 Å². The first-order valence-electron chi connectivity index (χ1n) is 5.41. The van der Waals surface area contributed by atoms with Crippen molar-refractivity contribution in [1.29, 1.82) is 0 Å². The Hall–Kier alpha value is -0.860. The lowest BCUT2D eigenvalue weighted by Crippen LogP contribution is -2.11. The van der Waals surface area contributed by atoms with Crippen LogP contribution in [0.5, 0.6) is 0 Å². The van der Waals surface area contributed by atoms with Gasteiger partial charge in [-0.1, -0.05) is 32.9 Å². The average molecular weight is 195 g/mol. The Kier molecular flexibility index (Phi) is 3.67. The van der Waals surface area contributed by atoms with E-state index in [0.29, 0.717) is 17.9 Å². The van der Waals surface area contributed by atoms with Crippen LogP contribution < -0.4 is 0 Å². The molecule has 0 bridgehead atoms. The zero-order valence-corrected chi connectivity index (χ0v) is 9.86. The summed E-state index contributed by atoms with van der Waals surface area (Å²) in [7, 11) is 0. The molecule has 0 amide bonds. The van der Waals surface area contributed by atoms with E-state index in [1.165, 1.54) is 0 Å². The topological polar surface area (TPSA) is 30.7 Å². The third-order valence-electron chi connectivity index (χ3n) is 2.56. The van der Waals surface area contributed by atoms with Crippen LogP contribution in [0.2, 0.25) is 0 Å². The minimum atomic E-state index is 0.434. The Morgan fingerprint density at radius 3 is 2.36 bits per heavy atom. The molecule has 0 aliphatic heterocycles. The van der Waals surface area contributed by atoms with E-state index in [-0.39, 0.29) is 0 Å². The largest absolute Gasteiger partial charge is 0.249 e. The van der Waals surface area contributed by atoms with Crippen molar-refractivity contribution in [2.75, 3.05) is 0 Å². The SMILES string of the molecule is CC(C)Cc1cn(C(C)C(C)C)nn1. The molecular weight excluding hydrogens is 174 g/mol. The van der Waals surface area contributed by atoms with E-state index >= 15 is 0 Å². The third-order valence-corrected chi connectivity index (χ3v) is 2.56. The second-order valence-electron chi connectivity index (χ2n) is 4.77. The van der Waals surface area contributed by atoms with Gasteiger partial charge in [-0.05, 0) is 25.2 Å². The molecule has 80 valence electrons. The van der Waals surface area contributed by atoms with Gasteiger partial charge in [0.05, 0.1) is 11.7 Å². The highest BCUT2D eigenvalue weighted by Crippen LogP contribution is 2.15. The van der Waals surface area contributed by atoms with Gasteiger partial charge in [0.1, 0.15) is 0 Å². The first-order valence-corrected chi connectivity index (χ1v) is 5.41. The summed E-state index contributed by atoms with van der Waals surface area (Å²) in [6.45, 7) is 11.0. The molecule has 0 saturated carbocycles. The summed E-state index contributed by atoms with van der Waals surface area (Å²) in [5, 5.41) is 8.33. The minimum Gasteiger partial charge on any atom is -0.249 e. The second kappa shape index (κ2) is 4.58. The predicted molar refractivity (Wildman–Crippen MR) is 58.1 cm³/mol. The Balaban J connectivity index is 2.67. The molecule has 0 spiro atoms. The van der Waals surface area contributed by atoms with Crippen molar-refractivity contribution in [3.63, 3.8) is 0 Å². The second-order valence-corrected chi connectivity index (χ2v) is 4.77. The molecular formula is C11H21N3. The summed E-state index contributed by atoms with van der Waals surface area (Å²) in [5.74, 6) is 1.25. The molecule has 0 aliphatic carbocycles. The summed E-state index contributed by atoms with van der Waals surface area (Å²) in [4.78, 5) is 0. The molecule has 0 radical (unpaired) electrons. The monoisotopic (exact) mass is 195 g/mol. The molecule has 1 unspecified atom stereocenters. The highest BCUT2D eigenvalue weighted by atomic mass is 15.4. The lowest BCUT2D eigenvalue weighted by Gasteiger charge is -2.14. The van der Waals surface area contributed by atoms with Gasteiger partial charge < -0.3 is 0 Å². The van der Waals surface area contributed by atoms with Crippen LogP contribution in [-0.4, -0.2) is 15.0 Å². The highest BCUT2D eigenvalue weighted by molar-refractivity contribution is 4.94. The minimum absolute atomic E-state index is 0.434. The fourth-order valence-electron chi connectivity index (χ4n) is 1.33. The standard InChI is InChI=1S/C11H21N3/c1-8(2)6-11-7-14(13-12-11)10(5)9(3)4/h7-10H,6H2,1-5H3. The zero-order chi connectivity index (χ0) is 10.7. The van der Waals surface area contributed by atoms with Crippen molar-refractivity contribution in [3.8, 4) is 0 Å². The molecule has 0 aliphatic rings. The van der Waals surface area contributed by atoms with Gasteiger partial charge in [0.15, 0.2) is 0 Å². The number of rotatable bonds is 4.